The molecule has 0 saturated carbocycles. The standard InChI is InChI=1S/C38H23N2O/c1-3-39-18-10-9-14-32(39)28-22-29-31-21-25(24-11-5-4-6-12-24)20-30-26-16-17-35-36(27-13-7-8-15-34(27)41-35)38(26)40(37(30)31)33(29)19-23(28)2/h3-7,9-14,16-22H,1H2,2H3/q+1. The van der Waals surface area contributed by atoms with Crippen molar-refractivity contribution in [1.29, 1.82) is 0 Å². The van der Waals surface area contributed by atoms with Crippen molar-refractivity contribution in [2.75, 3.05) is 0 Å². The molecule has 0 aliphatic carbocycles. The average molecular weight is 524 g/mol. The third-order valence-electron chi connectivity index (χ3n) is 8.58. The van der Waals surface area contributed by atoms with Crippen LogP contribution < -0.4 is 4.57 Å². The number of furan rings is 1. The Bertz CT molecular complexity index is 2500. The van der Waals surface area contributed by atoms with Gasteiger partial charge in [0.15, 0.2) is 18.0 Å². The van der Waals surface area contributed by atoms with E-state index in [1.165, 1.54) is 60.3 Å². The largest absolute Gasteiger partial charge is 0.447 e. The molecule has 3 nitrogen and oxygen atoms in total. The number of fused-ring (bicyclic) bond motifs is 10. The summed E-state index contributed by atoms with van der Waals surface area (Å²) in [6.45, 7) is 6.25. The Labute approximate surface area is 236 Å². The number of rotatable bonds is 3. The fraction of sp³-hybridized carbons (Fsp3) is 0.0263. The van der Waals surface area contributed by atoms with E-state index in [2.05, 4.69) is 126 Å². The first-order valence-electron chi connectivity index (χ1n) is 13.8. The summed E-state index contributed by atoms with van der Waals surface area (Å²) in [5.74, 6) is 0. The first kappa shape index (κ1) is 22.2. The highest BCUT2D eigenvalue weighted by Crippen LogP contribution is 2.46. The maximum Gasteiger partial charge on any atom is 0.218 e. The molecule has 0 bridgehead atoms. The van der Waals surface area contributed by atoms with Gasteiger partial charge < -0.3 is 8.82 Å². The van der Waals surface area contributed by atoms with Crippen molar-refractivity contribution in [3.8, 4) is 22.4 Å². The van der Waals surface area contributed by atoms with E-state index in [1.54, 1.807) is 0 Å². The smallest absolute Gasteiger partial charge is 0.218 e. The lowest BCUT2D eigenvalue weighted by atomic mass is 9.97. The third-order valence-corrected chi connectivity index (χ3v) is 8.58. The summed E-state index contributed by atoms with van der Waals surface area (Å²) in [7, 11) is 0. The minimum atomic E-state index is 0.737. The quantitative estimate of drug-likeness (QED) is 0.211. The highest BCUT2D eigenvalue weighted by atomic mass is 16.3. The first-order valence-corrected chi connectivity index (χ1v) is 13.8. The zero-order valence-electron chi connectivity index (χ0n) is 22.4. The summed E-state index contributed by atoms with van der Waals surface area (Å²) in [4.78, 5) is 0. The van der Waals surface area contributed by atoms with Crippen LogP contribution in [0.1, 0.15) is 5.56 Å². The average Bonchev–Trinajstić information content (AvgIpc) is 3.66. The van der Waals surface area contributed by atoms with Crippen LogP contribution in [0.5, 0.6) is 0 Å². The number of hydrogen-bond acceptors (Lipinski definition) is 1. The molecule has 0 amide bonds. The number of benzene rings is 4. The van der Waals surface area contributed by atoms with Gasteiger partial charge in [0.05, 0.1) is 27.5 Å². The van der Waals surface area contributed by atoms with Crippen LogP contribution >= 0.6 is 0 Å². The van der Waals surface area contributed by atoms with Crippen molar-refractivity contribution in [2.45, 2.75) is 6.92 Å². The number of nitrogens with zero attached hydrogens (tertiary/aromatic N) is 2. The summed E-state index contributed by atoms with van der Waals surface area (Å²) < 4.78 is 10.8. The predicted molar refractivity (Wildman–Crippen MR) is 168 cm³/mol. The molecular formula is C38H23N2O+. The normalized spacial score (nSPS) is 11.9. The van der Waals surface area contributed by atoms with Gasteiger partial charge in [-0.2, -0.15) is 4.57 Å². The lowest BCUT2D eigenvalue weighted by Gasteiger charge is -2.07. The van der Waals surface area contributed by atoms with E-state index in [0.717, 1.165) is 27.6 Å². The molecule has 9 rings (SSSR count). The minimum Gasteiger partial charge on any atom is -0.447 e. The molecule has 0 spiro atoms. The summed E-state index contributed by atoms with van der Waals surface area (Å²) in [5, 5.41) is 7.13. The molecule has 0 unspecified atom stereocenters. The maximum atomic E-state index is 6.27. The van der Waals surface area contributed by atoms with Crippen LogP contribution in [0.25, 0.3) is 88.6 Å². The van der Waals surface area contributed by atoms with E-state index in [-0.39, 0.29) is 0 Å². The molecule has 4 aromatic heterocycles. The van der Waals surface area contributed by atoms with Crippen LogP contribution in [0.2, 0.25) is 0 Å². The maximum absolute atomic E-state index is 6.27. The third kappa shape index (κ3) is 2.91. The Morgan fingerprint density at radius 3 is 2.46 bits per heavy atom. The molecule has 9 aromatic rings. The van der Waals surface area contributed by atoms with Crippen LogP contribution in [0.4, 0.5) is 0 Å². The molecule has 3 heteroatoms. The molecule has 0 saturated heterocycles. The van der Waals surface area contributed by atoms with Crippen molar-refractivity contribution < 1.29 is 8.98 Å². The number of hydrogen-bond donors (Lipinski definition) is 0. The van der Waals surface area contributed by atoms with Gasteiger partial charge >= 0.3 is 0 Å². The van der Waals surface area contributed by atoms with Crippen LogP contribution in [-0.4, -0.2) is 4.40 Å². The first-order chi connectivity index (χ1) is 20.2. The van der Waals surface area contributed by atoms with Gasteiger partial charge in [0.25, 0.3) is 0 Å². The van der Waals surface area contributed by atoms with Crippen LogP contribution in [0.3, 0.4) is 0 Å². The minimum absolute atomic E-state index is 0.737. The second-order valence-corrected chi connectivity index (χ2v) is 10.8. The molecule has 0 radical (unpaired) electrons. The molecular weight excluding hydrogens is 500 g/mol. The Morgan fingerprint density at radius 1 is 0.780 bits per heavy atom. The Kier molecular flexibility index (Phi) is 4.33. The molecule has 41 heavy (non-hydrogen) atoms. The van der Waals surface area contributed by atoms with E-state index in [1.807, 2.05) is 18.3 Å². The molecule has 0 aliphatic heterocycles. The highest BCUT2D eigenvalue weighted by Gasteiger charge is 2.24. The molecule has 0 N–H and O–H groups in total. The predicted octanol–water partition coefficient (Wildman–Crippen LogP) is 9.37. The van der Waals surface area contributed by atoms with Gasteiger partial charge in [-0.15, -0.1) is 0 Å². The molecule has 0 atom stereocenters. The molecule has 5 aromatic carbocycles. The van der Waals surface area contributed by atoms with Gasteiger partial charge in [-0.25, -0.2) is 0 Å². The van der Waals surface area contributed by atoms with E-state index in [0.29, 0.717) is 0 Å². The second kappa shape index (κ2) is 7.97. The summed E-state index contributed by atoms with van der Waals surface area (Å²) in [6, 6.07) is 40.9. The van der Waals surface area contributed by atoms with Crippen molar-refractivity contribution in [3.05, 3.63) is 128 Å². The van der Waals surface area contributed by atoms with Crippen molar-refractivity contribution >= 4 is 66.2 Å². The number of aromatic nitrogens is 2. The van der Waals surface area contributed by atoms with Gasteiger partial charge in [0.2, 0.25) is 5.69 Å². The monoisotopic (exact) mass is 523 g/mol. The van der Waals surface area contributed by atoms with E-state index >= 15 is 0 Å². The zero-order valence-corrected chi connectivity index (χ0v) is 22.4. The summed E-state index contributed by atoms with van der Waals surface area (Å²) >= 11 is 0. The second-order valence-electron chi connectivity index (χ2n) is 10.8. The Balaban J connectivity index is 1.52. The fourth-order valence-corrected chi connectivity index (χ4v) is 6.78. The van der Waals surface area contributed by atoms with Crippen LogP contribution in [-0.2, 0) is 0 Å². The molecule has 4 heterocycles. The lowest BCUT2D eigenvalue weighted by Crippen LogP contribution is -2.27. The van der Waals surface area contributed by atoms with E-state index in [4.69, 9.17) is 4.42 Å². The van der Waals surface area contributed by atoms with E-state index in [9.17, 15) is 0 Å². The topological polar surface area (TPSA) is 21.4 Å². The van der Waals surface area contributed by atoms with Crippen molar-refractivity contribution in [1.82, 2.24) is 4.40 Å². The Hall–Kier alpha value is -5.59. The molecule has 0 fully saturated rings. The number of pyridine rings is 1. The van der Waals surface area contributed by atoms with Gasteiger partial charge in [-0.1, -0.05) is 36.4 Å². The highest BCUT2D eigenvalue weighted by molar-refractivity contribution is 6.30. The fourth-order valence-electron chi connectivity index (χ4n) is 6.78. The van der Waals surface area contributed by atoms with Crippen LogP contribution in [0.15, 0.2) is 114 Å². The van der Waals surface area contributed by atoms with E-state index < -0.39 is 0 Å². The Morgan fingerprint density at radius 2 is 1.61 bits per heavy atom. The SMILES string of the molecule is C=C[n+]1ccccc1-c1cc2c3cc(-c4ccccc4)cc4c5ccc6oc7c#cccc7c6c5n(c2cc1C)c34. The lowest BCUT2D eigenvalue weighted by molar-refractivity contribution is -0.555. The van der Waals surface area contributed by atoms with Crippen molar-refractivity contribution in [2.24, 2.45) is 0 Å². The molecule has 190 valence electrons. The molecule has 0 aliphatic rings. The van der Waals surface area contributed by atoms with Crippen LogP contribution in [0, 0.1) is 19.1 Å². The van der Waals surface area contributed by atoms with Crippen molar-refractivity contribution in [3.63, 3.8) is 0 Å². The summed E-state index contributed by atoms with van der Waals surface area (Å²) in [5.41, 5.74) is 11.2. The van der Waals surface area contributed by atoms with Gasteiger partial charge in [0, 0.05) is 39.1 Å². The van der Waals surface area contributed by atoms with Gasteiger partial charge in [0.1, 0.15) is 5.58 Å². The number of aryl methyl sites for hydroxylation is 1. The van der Waals surface area contributed by atoms with Gasteiger partial charge in [-0.3, -0.25) is 0 Å². The summed E-state index contributed by atoms with van der Waals surface area (Å²) in [6.07, 6.45) is 3.91. The zero-order chi connectivity index (χ0) is 27.2. The van der Waals surface area contributed by atoms with Gasteiger partial charge in [-0.05, 0) is 90.9 Å².